The number of nitrogens with one attached hydrogen (secondary N) is 1. The minimum atomic E-state index is -4.33. The summed E-state index contributed by atoms with van der Waals surface area (Å²) in [5, 5.41) is 2.36. The van der Waals surface area contributed by atoms with Gasteiger partial charge in [-0.2, -0.15) is 13.2 Å². The van der Waals surface area contributed by atoms with E-state index >= 15 is 0 Å². The summed E-state index contributed by atoms with van der Waals surface area (Å²) >= 11 is 0. The van der Waals surface area contributed by atoms with Crippen molar-refractivity contribution >= 4 is 5.95 Å². The number of hydrogen-bond donors (Lipinski definition) is 1. The molecular weight excluding hydrogens is 311 g/mol. The summed E-state index contributed by atoms with van der Waals surface area (Å²) in [4.78, 5) is 16.3. The van der Waals surface area contributed by atoms with Gasteiger partial charge in [0.05, 0.1) is 0 Å². The minimum absolute atomic E-state index is 0.0352. The van der Waals surface area contributed by atoms with E-state index in [9.17, 15) is 18.0 Å². The summed E-state index contributed by atoms with van der Waals surface area (Å²) in [6.45, 7) is 1.54. The Bertz CT molecular complexity index is 609. The second-order valence-electron chi connectivity index (χ2n) is 6.18. The molecule has 2 aliphatic rings. The van der Waals surface area contributed by atoms with Crippen molar-refractivity contribution in [2.45, 2.75) is 50.9 Å². The van der Waals surface area contributed by atoms with Crippen LogP contribution in [0.4, 0.5) is 19.1 Å². The molecular formula is C15H20F3N3O2. The molecule has 2 aliphatic heterocycles. The maximum Gasteiger partial charge on any atom is 0.408 e. The molecule has 0 saturated carbocycles. The first-order valence-corrected chi connectivity index (χ1v) is 7.95. The molecule has 1 N–H and O–H groups in total. The zero-order valence-electron chi connectivity index (χ0n) is 12.7. The summed E-state index contributed by atoms with van der Waals surface area (Å²) in [6, 6.07) is -0.196. The lowest BCUT2D eigenvalue weighted by molar-refractivity contribution is -0.145. The first-order chi connectivity index (χ1) is 10.9. The molecule has 5 nitrogen and oxygen atoms in total. The van der Waals surface area contributed by atoms with E-state index in [0.29, 0.717) is 18.0 Å². The third-order valence-corrected chi connectivity index (χ3v) is 4.55. The number of hydrogen-bond acceptors (Lipinski definition) is 4. The van der Waals surface area contributed by atoms with Gasteiger partial charge in [-0.1, -0.05) is 0 Å². The Morgan fingerprint density at radius 2 is 2.04 bits per heavy atom. The molecule has 0 spiro atoms. The third kappa shape index (κ3) is 3.85. The van der Waals surface area contributed by atoms with Crippen molar-refractivity contribution in [2.24, 2.45) is 5.92 Å². The van der Waals surface area contributed by atoms with Crippen LogP contribution in [0.3, 0.4) is 0 Å². The van der Waals surface area contributed by atoms with Crippen LogP contribution < -0.4 is 10.9 Å². The first kappa shape index (κ1) is 16.3. The maximum absolute atomic E-state index is 12.8. The normalized spacial score (nSPS) is 22.5. The largest absolute Gasteiger partial charge is 0.408 e. The van der Waals surface area contributed by atoms with Crippen molar-refractivity contribution < 1.29 is 17.9 Å². The lowest BCUT2D eigenvalue weighted by atomic mass is 9.94. The SMILES string of the molecule is O=c1cc(CCC2CCOCC2)nc2n1CCC(C(F)(F)F)N2. The molecule has 3 heterocycles. The van der Waals surface area contributed by atoms with Crippen LogP contribution in [0.5, 0.6) is 0 Å². The Morgan fingerprint density at radius 1 is 1.30 bits per heavy atom. The number of halogens is 3. The number of alkyl halides is 3. The molecule has 1 saturated heterocycles. The fourth-order valence-corrected chi connectivity index (χ4v) is 3.13. The number of nitrogens with zero attached hydrogens (tertiary/aromatic N) is 2. The van der Waals surface area contributed by atoms with Gasteiger partial charge in [0.1, 0.15) is 6.04 Å². The lowest BCUT2D eigenvalue weighted by Gasteiger charge is -2.29. The Labute approximate surface area is 131 Å². The average Bonchev–Trinajstić information content (AvgIpc) is 2.52. The van der Waals surface area contributed by atoms with E-state index in [4.69, 9.17) is 4.74 Å². The van der Waals surface area contributed by atoms with Crippen molar-refractivity contribution in [3.63, 3.8) is 0 Å². The molecule has 1 unspecified atom stereocenters. The molecule has 23 heavy (non-hydrogen) atoms. The zero-order valence-corrected chi connectivity index (χ0v) is 12.7. The van der Waals surface area contributed by atoms with Gasteiger partial charge in [0.15, 0.2) is 0 Å². The van der Waals surface area contributed by atoms with Crippen LogP contribution in [0.2, 0.25) is 0 Å². The highest BCUT2D eigenvalue weighted by atomic mass is 19.4. The van der Waals surface area contributed by atoms with E-state index in [1.165, 1.54) is 10.6 Å². The van der Waals surface area contributed by atoms with Crippen LogP contribution >= 0.6 is 0 Å². The highest BCUT2D eigenvalue weighted by Gasteiger charge is 2.41. The van der Waals surface area contributed by atoms with Crippen LogP contribution in [-0.4, -0.2) is 35.0 Å². The molecule has 0 aliphatic carbocycles. The van der Waals surface area contributed by atoms with Crippen molar-refractivity contribution in [2.75, 3.05) is 18.5 Å². The first-order valence-electron chi connectivity index (χ1n) is 7.95. The van der Waals surface area contributed by atoms with E-state index in [2.05, 4.69) is 10.3 Å². The molecule has 128 valence electrons. The van der Waals surface area contributed by atoms with E-state index in [0.717, 1.165) is 32.5 Å². The predicted octanol–water partition coefficient (Wildman–Crippen LogP) is 2.35. The second-order valence-corrected chi connectivity index (χ2v) is 6.18. The van der Waals surface area contributed by atoms with Crippen LogP contribution in [-0.2, 0) is 17.7 Å². The van der Waals surface area contributed by atoms with Gasteiger partial charge in [0, 0.05) is 31.5 Å². The highest BCUT2D eigenvalue weighted by molar-refractivity contribution is 5.32. The average molecular weight is 331 g/mol. The van der Waals surface area contributed by atoms with Crippen molar-refractivity contribution in [3.8, 4) is 0 Å². The maximum atomic E-state index is 12.8. The molecule has 1 aromatic heterocycles. The van der Waals surface area contributed by atoms with Crippen LogP contribution in [0.25, 0.3) is 0 Å². The molecule has 1 fully saturated rings. The van der Waals surface area contributed by atoms with E-state index < -0.39 is 12.2 Å². The molecule has 0 aromatic carbocycles. The van der Waals surface area contributed by atoms with Crippen molar-refractivity contribution in [3.05, 3.63) is 22.1 Å². The molecule has 0 radical (unpaired) electrons. The Morgan fingerprint density at radius 3 is 2.74 bits per heavy atom. The zero-order chi connectivity index (χ0) is 16.4. The van der Waals surface area contributed by atoms with Gasteiger partial charge in [0.25, 0.3) is 5.56 Å². The topological polar surface area (TPSA) is 56.1 Å². The van der Waals surface area contributed by atoms with Gasteiger partial charge >= 0.3 is 6.18 Å². The number of ether oxygens (including phenoxy) is 1. The molecule has 0 bridgehead atoms. The van der Waals surface area contributed by atoms with Gasteiger partial charge in [-0.3, -0.25) is 9.36 Å². The number of fused-ring (bicyclic) bond motifs is 1. The summed E-state index contributed by atoms with van der Waals surface area (Å²) in [5.41, 5.74) is 0.271. The monoisotopic (exact) mass is 331 g/mol. The van der Waals surface area contributed by atoms with Crippen LogP contribution in [0.15, 0.2) is 10.9 Å². The summed E-state index contributed by atoms with van der Waals surface area (Å²) in [6.07, 6.45) is -1.04. The Kier molecular flexibility index (Phi) is 4.61. The van der Waals surface area contributed by atoms with Gasteiger partial charge in [-0.15, -0.1) is 0 Å². The quantitative estimate of drug-likeness (QED) is 0.924. The van der Waals surface area contributed by atoms with Crippen molar-refractivity contribution in [1.82, 2.24) is 9.55 Å². The summed E-state index contributed by atoms with van der Waals surface area (Å²) < 4.78 is 45.1. The molecule has 8 heteroatoms. The molecule has 3 rings (SSSR count). The van der Waals surface area contributed by atoms with Gasteiger partial charge in [-0.05, 0) is 38.0 Å². The number of rotatable bonds is 3. The van der Waals surface area contributed by atoms with E-state index in [-0.39, 0.29) is 24.5 Å². The lowest BCUT2D eigenvalue weighted by Crippen LogP contribution is -2.44. The van der Waals surface area contributed by atoms with E-state index in [1.54, 1.807) is 0 Å². The molecule has 0 amide bonds. The van der Waals surface area contributed by atoms with Gasteiger partial charge in [-0.25, -0.2) is 4.98 Å². The van der Waals surface area contributed by atoms with Crippen LogP contribution in [0.1, 0.15) is 31.4 Å². The fraction of sp³-hybridized carbons (Fsp3) is 0.733. The Balaban J connectivity index is 1.71. The minimum Gasteiger partial charge on any atom is -0.381 e. The van der Waals surface area contributed by atoms with E-state index in [1.807, 2.05) is 0 Å². The van der Waals surface area contributed by atoms with Crippen LogP contribution in [0, 0.1) is 5.92 Å². The molecule has 1 atom stereocenters. The second kappa shape index (κ2) is 6.51. The number of aryl methyl sites for hydroxylation is 1. The number of anilines is 1. The van der Waals surface area contributed by atoms with Gasteiger partial charge in [0.2, 0.25) is 5.95 Å². The third-order valence-electron chi connectivity index (χ3n) is 4.55. The van der Waals surface area contributed by atoms with Crippen molar-refractivity contribution in [1.29, 1.82) is 0 Å². The number of aromatic nitrogens is 2. The predicted molar refractivity (Wildman–Crippen MR) is 78.4 cm³/mol. The highest BCUT2D eigenvalue weighted by Crippen LogP contribution is 2.28. The standard InChI is InChI=1S/C15H20F3N3O2/c16-15(17,18)12-3-6-21-13(22)9-11(19-14(21)20-12)2-1-10-4-7-23-8-5-10/h9-10,12H,1-8H2,(H,19,20). The fourth-order valence-electron chi connectivity index (χ4n) is 3.13. The van der Waals surface area contributed by atoms with Gasteiger partial charge < -0.3 is 10.1 Å². The smallest absolute Gasteiger partial charge is 0.381 e. The summed E-state index contributed by atoms with van der Waals surface area (Å²) in [5.74, 6) is 0.563. The summed E-state index contributed by atoms with van der Waals surface area (Å²) in [7, 11) is 0. The molecule has 1 aromatic rings. The Hall–Kier alpha value is -1.57.